The Hall–Kier alpha value is -8.38. The average molecular weight is 1280 g/mol. The summed E-state index contributed by atoms with van der Waals surface area (Å²) in [5.74, 6) is -0.659. The zero-order valence-electron chi connectivity index (χ0n) is 47.4. The van der Waals surface area contributed by atoms with Crippen molar-refractivity contribution in [3.63, 3.8) is 0 Å². The van der Waals surface area contributed by atoms with Crippen LogP contribution in [0.25, 0.3) is 34.1 Å². The zero-order chi connectivity index (χ0) is 61.5. The molecule has 2 aliphatic heterocycles. The summed E-state index contributed by atoms with van der Waals surface area (Å²) in [6.45, 7) is 5.85. The number of aromatic nitrogens is 9. The highest BCUT2D eigenvalue weighted by Gasteiger charge is 2.39. The van der Waals surface area contributed by atoms with Crippen molar-refractivity contribution in [1.29, 1.82) is 0 Å². The van der Waals surface area contributed by atoms with Gasteiger partial charge in [-0.15, -0.1) is 10.2 Å². The molecule has 4 aromatic carbocycles. The molecular weight excluding hydrogens is 1220 g/mol. The molecule has 12 rings (SSSR count). The second kappa shape index (κ2) is 22.7. The van der Waals surface area contributed by atoms with E-state index in [0.29, 0.717) is 93.9 Å². The SMILES string of the molecule is CNC(=O)c1ccc(-n2c(=O)c3c(n4ncc(CC(C)CCn5cnnc5-c5ccc(-n6c(=O)c7c(n8ncc(CC9CCC9)c68)CN(C(=O)c6ccc(Cl)c(C(F)(F)F)c6)[C@@H](C)C7)cc5)c24)CN(C(=O)c2ccc(Br)c(C(F)(F)F)c2)[C@@H](C)C3)cc1. The summed E-state index contributed by atoms with van der Waals surface area (Å²) in [6, 6.07) is 19.3. The fourth-order valence-electron chi connectivity index (χ4n) is 12.3. The molecule has 1 aliphatic carbocycles. The van der Waals surface area contributed by atoms with Crippen LogP contribution in [-0.4, -0.2) is 89.8 Å². The minimum atomic E-state index is -4.77. The topological polar surface area (TPSA) is 179 Å². The molecule has 1 saturated carbocycles. The van der Waals surface area contributed by atoms with E-state index >= 15 is 0 Å². The molecule has 3 atom stereocenters. The molecular formula is C62H56BrClF6N12O5. The first-order valence-corrected chi connectivity index (χ1v) is 29.6. The average Bonchev–Trinajstić information content (AvgIpc) is 1.77. The van der Waals surface area contributed by atoms with Gasteiger partial charge in [0.2, 0.25) is 0 Å². The number of nitrogens with one attached hydrogen (secondary N) is 1. The second-order valence-electron chi connectivity index (χ2n) is 22.9. The van der Waals surface area contributed by atoms with E-state index in [4.69, 9.17) is 21.8 Å². The van der Waals surface area contributed by atoms with Gasteiger partial charge in [0.15, 0.2) is 5.82 Å². The maximum absolute atomic E-state index is 15.0. The lowest BCUT2D eigenvalue weighted by atomic mass is 9.81. The number of hydrogen-bond acceptors (Lipinski definition) is 9. The van der Waals surface area contributed by atoms with E-state index in [0.717, 1.165) is 48.6 Å². The number of carbonyl (C=O) groups is 3. The lowest BCUT2D eigenvalue weighted by molar-refractivity contribution is -0.138. The van der Waals surface area contributed by atoms with Gasteiger partial charge in [-0.1, -0.05) is 53.7 Å². The molecule has 1 fully saturated rings. The van der Waals surface area contributed by atoms with Crippen molar-refractivity contribution in [2.75, 3.05) is 7.05 Å². The first kappa shape index (κ1) is 59.0. The molecule has 0 saturated heterocycles. The molecule has 450 valence electrons. The van der Waals surface area contributed by atoms with Gasteiger partial charge in [-0.05, 0) is 143 Å². The molecule has 1 N–H and O–H groups in total. The second-order valence-corrected chi connectivity index (χ2v) is 24.2. The Morgan fingerprint density at radius 2 is 1.23 bits per heavy atom. The van der Waals surface area contributed by atoms with E-state index in [-0.39, 0.29) is 64.5 Å². The molecule has 7 heterocycles. The van der Waals surface area contributed by atoms with Crippen molar-refractivity contribution in [3.05, 3.63) is 195 Å². The largest absolute Gasteiger partial charge is 0.417 e. The summed E-state index contributed by atoms with van der Waals surface area (Å²) < 4.78 is 91.9. The maximum Gasteiger partial charge on any atom is 0.417 e. The highest BCUT2D eigenvalue weighted by Crippen LogP contribution is 2.39. The van der Waals surface area contributed by atoms with Crippen LogP contribution in [0.1, 0.15) is 122 Å². The highest BCUT2D eigenvalue weighted by atomic mass is 79.9. The fraction of sp³-hybridized carbons (Fsp3) is 0.339. The molecule has 0 spiro atoms. The van der Waals surface area contributed by atoms with E-state index < -0.39 is 52.4 Å². The number of nitrogens with zero attached hydrogens (tertiary/aromatic N) is 11. The molecule has 87 heavy (non-hydrogen) atoms. The van der Waals surface area contributed by atoms with Crippen LogP contribution < -0.4 is 16.4 Å². The van der Waals surface area contributed by atoms with Crippen molar-refractivity contribution in [2.24, 2.45) is 11.8 Å². The van der Waals surface area contributed by atoms with E-state index in [1.165, 1.54) is 35.0 Å². The monoisotopic (exact) mass is 1280 g/mol. The van der Waals surface area contributed by atoms with E-state index in [1.54, 1.807) is 75.0 Å². The van der Waals surface area contributed by atoms with Crippen molar-refractivity contribution in [2.45, 2.75) is 116 Å². The van der Waals surface area contributed by atoms with Gasteiger partial charge in [-0.2, -0.15) is 36.5 Å². The standard InChI is InChI=1S/C62H56BrClF6N12O5/c1-33(22-41-28-73-81-51-30-77(57(84)39-12-18-49(63)47(26-39)61(65,66)67)34(2)23-45(51)59(86)79(55(41)81)44-16-10-38(11-17-44)54(83)71-4)20-21-76-32-72-75-53(76)37-8-14-43(15-9-37)80-56-42(25-36-6-5-7-36)29-74-82(56)52-31-78(35(3)24-46(52)60(80)87)58(85)40-13-19-50(64)48(27-40)62(68,69)70/h8-19,26-29,32-36H,5-7,20-25,30-31H2,1-4H3,(H,71,83)/t33?,34-,35-/m0/s1. The molecule has 3 amide bonds. The van der Waals surface area contributed by atoms with Crippen LogP contribution in [0.15, 0.2) is 118 Å². The molecule has 1 unspecified atom stereocenters. The number of alkyl halides is 6. The summed E-state index contributed by atoms with van der Waals surface area (Å²) in [7, 11) is 1.52. The summed E-state index contributed by atoms with van der Waals surface area (Å²) in [5.41, 5.74) is 3.30. The number of hydrogen-bond donors (Lipinski definition) is 1. The Kier molecular flexibility index (Phi) is 15.4. The first-order valence-electron chi connectivity index (χ1n) is 28.4. The number of benzene rings is 4. The first-order chi connectivity index (χ1) is 41.5. The summed E-state index contributed by atoms with van der Waals surface area (Å²) >= 11 is 8.87. The van der Waals surface area contributed by atoms with Crippen molar-refractivity contribution in [1.82, 2.24) is 58.2 Å². The van der Waals surface area contributed by atoms with Crippen molar-refractivity contribution in [3.8, 4) is 22.8 Å². The Morgan fingerprint density at radius 3 is 1.77 bits per heavy atom. The Morgan fingerprint density at radius 1 is 0.713 bits per heavy atom. The summed E-state index contributed by atoms with van der Waals surface area (Å²) in [4.78, 5) is 73.5. The fourth-order valence-corrected chi connectivity index (χ4v) is 13.0. The van der Waals surface area contributed by atoms with Crippen LogP contribution >= 0.6 is 27.5 Å². The Balaban J connectivity index is 0.820. The van der Waals surface area contributed by atoms with Crippen LogP contribution in [0.5, 0.6) is 0 Å². The van der Waals surface area contributed by atoms with E-state index in [9.17, 15) is 50.3 Å². The maximum atomic E-state index is 15.0. The summed E-state index contributed by atoms with van der Waals surface area (Å²) in [6.07, 6.45) is 0.663. The van der Waals surface area contributed by atoms with E-state index in [2.05, 4.69) is 38.4 Å². The van der Waals surface area contributed by atoms with Crippen LogP contribution in [0.4, 0.5) is 26.3 Å². The number of carbonyl (C=O) groups excluding carboxylic acids is 3. The third-order valence-electron chi connectivity index (χ3n) is 17.2. The zero-order valence-corrected chi connectivity index (χ0v) is 49.7. The smallest absolute Gasteiger partial charge is 0.355 e. The van der Waals surface area contributed by atoms with Crippen molar-refractivity contribution >= 4 is 56.5 Å². The van der Waals surface area contributed by atoms with Gasteiger partial charge in [-0.3, -0.25) is 33.1 Å². The minimum Gasteiger partial charge on any atom is -0.355 e. The van der Waals surface area contributed by atoms with Gasteiger partial charge < -0.3 is 19.7 Å². The third kappa shape index (κ3) is 10.8. The molecule has 5 aromatic heterocycles. The normalized spacial score (nSPS) is 16.7. The predicted molar refractivity (Wildman–Crippen MR) is 314 cm³/mol. The number of amides is 3. The van der Waals surface area contributed by atoms with Gasteiger partial charge in [0.05, 0.1) is 64.4 Å². The Bertz CT molecular complexity index is 4360. The molecule has 0 bridgehead atoms. The number of halogens is 8. The van der Waals surface area contributed by atoms with Crippen LogP contribution in [0, 0.1) is 11.8 Å². The number of aryl methyl sites for hydroxylation is 1. The van der Waals surface area contributed by atoms with Gasteiger partial charge >= 0.3 is 12.4 Å². The lowest BCUT2D eigenvalue weighted by Gasteiger charge is -2.35. The van der Waals surface area contributed by atoms with Crippen molar-refractivity contribution < 1.29 is 40.7 Å². The van der Waals surface area contributed by atoms with Gasteiger partial charge in [-0.25, -0.2) is 9.03 Å². The van der Waals surface area contributed by atoms with Gasteiger partial charge in [0, 0.05) is 74.7 Å². The molecule has 0 radical (unpaired) electrons. The summed E-state index contributed by atoms with van der Waals surface area (Å²) in [5, 5.41) is 20.5. The quantitative estimate of drug-likeness (QED) is 0.110. The molecule has 3 aliphatic rings. The number of rotatable bonds is 13. The third-order valence-corrected chi connectivity index (χ3v) is 18.3. The lowest BCUT2D eigenvalue weighted by Crippen LogP contribution is -2.46. The molecule has 17 nitrogen and oxygen atoms in total. The van der Waals surface area contributed by atoms with Crippen LogP contribution in [0.3, 0.4) is 0 Å². The van der Waals surface area contributed by atoms with Gasteiger partial charge in [0.25, 0.3) is 28.8 Å². The van der Waals surface area contributed by atoms with E-state index in [1.807, 2.05) is 28.8 Å². The number of fused-ring (bicyclic) bond motifs is 6. The van der Waals surface area contributed by atoms with Crippen LogP contribution in [-0.2, 0) is 57.7 Å². The highest BCUT2D eigenvalue weighted by molar-refractivity contribution is 9.10. The predicted octanol–water partition coefficient (Wildman–Crippen LogP) is 11.1. The van der Waals surface area contributed by atoms with Gasteiger partial charge in [0.1, 0.15) is 17.6 Å². The molecule has 25 heteroatoms. The minimum absolute atomic E-state index is 0.0418. The van der Waals surface area contributed by atoms with Crippen LogP contribution in [0.2, 0.25) is 5.02 Å². The Labute approximate surface area is 506 Å². The molecule has 9 aromatic rings.